The molecule has 0 saturated heterocycles. The van der Waals surface area contributed by atoms with Gasteiger partial charge in [-0.2, -0.15) is 0 Å². The zero-order chi connectivity index (χ0) is 10.1. The van der Waals surface area contributed by atoms with Crippen LogP contribution in [-0.2, 0) is 6.61 Å². The summed E-state index contributed by atoms with van der Waals surface area (Å²) in [5.74, 6) is 0. The minimum absolute atomic E-state index is 0.135. The lowest BCUT2D eigenvalue weighted by atomic mass is 10.2. The molecule has 2 rings (SSSR count). The van der Waals surface area contributed by atoms with Crippen molar-refractivity contribution in [3.63, 3.8) is 0 Å². The first kappa shape index (κ1) is 10.7. The van der Waals surface area contributed by atoms with Gasteiger partial charge in [0.05, 0.1) is 9.49 Å². The molecule has 0 atom stereocenters. The molecule has 4 heteroatoms. The summed E-state index contributed by atoms with van der Waals surface area (Å²) in [5.41, 5.74) is 1.07. The summed E-state index contributed by atoms with van der Waals surface area (Å²) in [7, 11) is 0. The molecule has 1 N–H and O–H groups in total. The fourth-order valence-electron chi connectivity index (χ4n) is 1.37. The van der Waals surface area contributed by atoms with Crippen LogP contribution in [0.25, 0.3) is 10.1 Å². The van der Waals surface area contributed by atoms with Crippen molar-refractivity contribution in [1.82, 2.24) is 0 Å². The van der Waals surface area contributed by atoms with E-state index in [-0.39, 0.29) is 6.61 Å². The van der Waals surface area contributed by atoms with Crippen LogP contribution in [0, 0.1) is 2.88 Å². The van der Waals surface area contributed by atoms with E-state index < -0.39 is 0 Å². The second kappa shape index (κ2) is 4.38. The van der Waals surface area contributed by atoms with E-state index in [1.54, 1.807) is 23.1 Å². The van der Waals surface area contributed by atoms with Crippen molar-refractivity contribution in [1.29, 1.82) is 0 Å². The number of rotatable bonds is 2. The zero-order valence-corrected chi connectivity index (χ0v) is 11.4. The Hall–Kier alpha value is 0.220. The molecule has 2 aromatic rings. The van der Waals surface area contributed by atoms with Crippen molar-refractivity contribution in [2.75, 3.05) is 6.26 Å². The van der Waals surface area contributed by atoms with Crippen LogP contribution >= 0.6 is 45.7 Å². The van der Waals surface area contributed by atoms with E-state index in [2.05, 4.69) is 47.0 Å². The number of thioether (sulfide) groups is 1. The van der Waals surface area contributed by atoms with Crippen molar-refractivity contribution >= 4 is 55.8 Å². The maximum atomic E-state index is 9.26. The third kappa shape index (κ3) is 1.80. The fourth-order valence-corrected chi connectivity index (χ4v) is 3.90. The van der Waals surface area contributed by atoms with Crippen molar-refractivity contribution in [3.05, 3.63) is 26.6 Å². The summed E-state index contributed by atoms with van der Waals surface area (Å²) in [4.78, 5) is 1.25. The van der Waals surface area contributed by atoms with Crippen LogP contribution in [0.2, 0.25) is 0 Å². The molecular formula is C10H9IOS2. The highest BCUT2D eigenvalue weighted by Crippen LogP contribution is 2.34. The van der Waals surface area contributed by atoms with Gasteiger partial charge in [-0.3, -0.25) is 0 Å². The molecule has 0 bridgehead atoms. The first-order valence-electron chi connectivity index (χ1n) is 4.12. The standard InChI is InChI=1S/C10H9IOS2/c1-13-6-2-3-9-7(4-6)8(5-12)10(11)14-9/h2-4,12H,5H2,1H3. The summed E-state index contributed by atoms with van der Waals surface area (Å²) in [6, 6.07) is 6.41. The largest absolute Gasteiger partial charge is 0.392 e. The summed E-state index contributed by atoms with van der Waals surface area (Å²) in [6.45, 7) is 0.135. The van der Waals surface area contributed by atoms with Gasteiger partial charge in [0.2, 0.25) is 0 Å². The van der Waals surface area contributed by atoms with E-state index in [9.17, 15) is 5.11 Å². The molecule has 1 heterocycles. The highest BCUT2D eigenvalue weighted by atomic mass is 127. The summed E-state index contributed by atoms with van der Waals surface area (Å²) < 4.78 is 2.45. The van der Waals surface area contributed by atoms with Gasteiger partial charge in [-0.15, -0.1) is 23.1 Å². The number of aliphatic hydroxyl groups excluding tert-OH is 1. The molecule has 0 unspecified atom stereocenters. The Morgan fingerprint density at radius 3 is 2.93 bits per heavy atom. The first-order chi connectivity index (χ1) is 6.76. The van der Waals surface area contributed by atoms with Crippen LogP contribution in [0.5, 0.6) is 0 Å². The lowest BCUT2D eigenvalue weighted by molar-refractivity contribution is 0.283. The molecule has 74 valence electrons. The summed E-state index contributed by atoms with van der Waals surface area (Å²) in [6.07, 6.45) is 2.07. The van der Waals surface area contributed by atoms with Crippen LogP contribution in [0.4, 0.5) is 0 Å². The number of hydrogen-bond acceptors (Lipinski definition) is 3. The normalized spacial score (nSPS) is 11.1. The number of aliphatic hydroxyl groups is 1. The van der Waals surface area contributed by atoms with Gasteiger partial charge in [-0.1, -0.05) is 0 Å². The number of benzene rings is 1. The van der Waals surface area contributed by atoms with E-state index in [1.165, 1.54) is 17.9 Å². The van der Waals surface area contributed by atoms with Crippen molar-refractivity contribution in [2.24, 2.45) is 0 Å². The lowest BCUT2D eigenvalue weighted by Crippen LogP contribution is -1.82. The Balaban J connectivity index is 2.71. The van der Waals surface area contributed by atoms with E-state index >= 15 is 0 Å². The smallest absolute Gasteiger partial charge is 0.0721 e. The molecule has 0 fully saturated rings. The first-order valence-corrected chi connectivity index (χ1v) is 7.24. The molecule has 0 amide bonds. The van der Waals surface area contributed by atoms with Gasteiger partial charge < -0.3 is 5.11 Å². The molecule has 0 spiro atoms. The summed E-state index contributed by atoms with van der Waals surface area (Å²) >= 11 is 5.76. The third-order valence-electron chi connectivity index (χ3n) is 2.11. The van der Waals surface area contributed by atoms with Gasteiger partial charge in [-0.25, -0.2) is 0 Å². The molecular weight excluding hydrogens is 327 g/mol. The number of thiophene rings is 1. The molecule has 0 aliphatic carbocycles. The van der Waals surface area contributed by atoms with Gasteiger partial charge >= 0.3 is 0 Å². The maximum absolute atomic E-state index is 9.26. The second-order valence-electron chi connectivity index (χ2n) is 2.87. The molecule has 0 aliphatic heterocycles. The van der Waals surface area contributed by atoms with Gasteiger partial charge in [-0.05, 0) is 47.0 Å². The van der Waals surface area contributed by atoms with Crippen LogP contribution in [0.1, 0.15) is 5.56 Å². The highest BCUT2D eigenvalue weighted by molar-refractivity contribution is 14.1. The van der Waals surface area contributed by atoms with E-state index in [1.807, 2.05) is 0 Å². The molecule has 0 saturated carbocycles. The molecule has 0 radical (unpaired) electrons. The molecule has 0 aliphatic rings. The molecule has 1 nitrogen and oxygen atoms in total. The van der Waals surface area contributed by atoms with Crippen molar-refractivity contribution in [3.8, 4) is 0 Å². The predicted octanol–water partition coefficient (Wildman–Crippen LogP) is 3.72. The Morgan fingerprint density at radius 1 is 1.50 bits per heavy atom. The number of halogens is 1. The SMILES string of the molecule is CSc1ccc2sc(I)c(CO)c2c1. The minimum atomic E-state index is 0.135. The third-order valence-corrected chi connectivity index (χ3v) is 5.15. The second-order valence-corrected chi connectivity index (χ2v) is 6.62. The lowest BCUT2D eigenvalue weighted by Gasteiger charge is -1.98. The van der Waals surface area contributed by atoms with Gasteiger partial charge in [0.15, 0.2) is 0 Å². The number of hydrogen-bond donors (Lipinski definition) is 1. The average Bonchev–Trinajstić information content (AvgIpc) is 2.52. The van der Waals surface area contributed by atoms with Gasteiger partial charge in [0.25, 0.3) is 0 Å². The van der Waals surface area contributed by atoms with E-state index in [4.69, 9.17) is 0 Å². The Bertz CT molecular complexity index is 464. The Morgan fingerprint density at radius 2 is 2.29 bits per heavy atom. The van der Waals surface area contributed by atoms with Crippen LogP contribution in [-0.4, -0.2) is 11.4 Å². The predicted molar refractivity (Wildman–Crippen MR) is 72.2 cm³/mol. The Kier molecular flexibility index (Phi) is 3.36. The monoisotopic (exact) mass is 336 g/mol. The quantitative estimate of drug-likeness (QED) is 0.666. The van der Waals surface area contributed by atoms with Crippen molar-refractivity contribution < 1.29 is 5.11 Å². The molecule has 1 aromatic heterocycles. The van der Waals surface area contributed by atoms with Gasteiger partial charge in [0.1, 0.15) is 0 Å². The minimum Gasteiger partial charge on any atom is -0.392 e. The zero-order valence-electron chi connectivity index (χ0n) is 7.58. The van der Waals surface area contributed by atoms with E-state index in [0.717, 1.165) is 5.56 Å². The van der Waals surface area contributed by atoms with Crippen LogP contribution < -0.4 is 0 Å². The Labute approximate surface area is 105 Å². The van der Waals surface area contributed by atoms with Gasteiger partial charge in [0, 0.05) is 20.5 Å². The topological polar surface area (TPSA) is 20.2 Å². The van der Waals surface area contributed by atoms with Crippen molar-refractivity contribution in [2.45, 2.75) is 11.5 Å². The average molecular weight is 336 g/mol. The molecule has 1 aromatic carbocycles. The number of fused-ring (bicyclic) bond motifs is 1. The van der Waals surface area contributed by atoms with Crippen LogP contribution in [0.3, 0.4) is 0 Å². The summed E-state index contributed by atoms with van der Waals surface area (Å²) in [5, 5.41) is 10.5. The molecule has 14 heavy (non-hydrogen) atoms. The highest BCUT2D eigenvalue weighted by Gasteiger charge is 2.09. The van der Waals surface area contributed by atoms with Crippen LogP contribution in [0.15, 0.2) is 23.1 Å². The maximum Gasteiger partial charge on any atom is 0.0721 e. The van der Waals surface area contributed by atoms with E-state index in [0.29, 0.717) is 0 Å². The fraction of sp³-hybridized carbons (Fsp3) is 0.200.